The van der Waals surface area contributed by atoms with Crippen LogP contribution in [0.2, 0.25) is 0 Å². The Morgan fingerprint density at radius 3 is 2.37 bits per heavy atom. The normalized spacial score (nSPS) is 19.7. The van der Waals surface area contributed by atoms with Crippen molar-refractivity contribution in [1.29, 1.82) is 0 Å². The molecule has 138 valence electrons. The van der Waals surface area contributed by atoms with Crippen LogP contribution in [0.15, 0.2) is 42.5 Å². The SMILES string of the molecule is C[C@@H](C(=O)N1c2ccc(F)cc2CC[C@@H]1C)N1C(=O)c2ccccc2C1=O. The van der Waals surface area contributed by atoms with E-state index in [0.717, 1.165) is 10.5 Å². The van der Waals surface area contributed by atoms with Crippen LogP contribution >= 0.6 is 0 Å². The molecule has 0 unspecified atom stereocenters. The number of halogens is 1. The average molecular weight is 366 g/mol. The molecule has 27 heavy (non-hydrogen) atoms. The quantitative estimate of drug-likeness (QED) is 0.767. The highest BCUT2D eigenvalue weighted by Gasteiger charge is 2.43. The molecule has 2 aromatic rings. The Balaban J connectivity index is 1.68. The fourth-order valence-corrected chi connectivity index (χ4v) is 3.93. The maximum Gasteiger partial charge on any atom is 0.262 e. The van der Waals surface area contributed by atoms with Gasteiger partial charge in [-0.15, -0.1) is 0 Å². The van der Waals surface area contributed by atoms with E-state index in [2.05, 4.69) is 0 Å². The third-order valence-corrected chi connectivity index (χ3v) is 5.38. The molecule has 5 nitrogen and oxygen atoms in total. The Morgan fingerprint density at radius 2 is 1.74 bits per heavy atom. The summed E-state index contributed by atoms with van der Waals surface area (Å²) in [5, 5.41) is 0. The molecule has 0 fully saturated rings. The number of anilines is 1. The molecule has 4 rings (SSSR count). The summed E-state index contributed by atoms with van der Waals surface area (Å²) in [6.07, 6.45) is 1.37. The molecule has 0 radical (unpaired) electrons. The monoisotopic (exact) mass is 366 g/mol. The number of rotatable bonds is 2. The number of benzene rings is 2. The summed E-state index contributed by atoms with van der Waals surface area (Å²) in [4.78, 5) is 41.3. The van der Waals surface area contributed by atoms with Gasteiger partial charge in [0.15, 0.2) is 0 Å². The molecule has 2 heterocycles. The number of aryl methyl sites for hydroxylation is 1. The molecule has 2 aliphatic heterocycles. The fraction of sp³-hybridized carbons (Fsp3) is 0.286. The zero-order chi connectivity index (χ0) is 19.3. The third-order valence-electron chi connectivity index (χ3n) is 5.38. The van der Waals surface area contributed by atoms with E-state index < -0.39 is 17.9 Å². The van der Waals surface area contributed by atoms with Gasteiger partial charge in [-0.25, -0.2) is 4.39 Å². The number of nitrogens with zero attached hydrogens (tertiary/aromatic N) is 2. The Hall–Kier alpha value is -3.02. The van der Waals surface area contributed by atoms with Crippen molar-refractivity contribution in [3.05, 3.63) is 65.0 Å². The van der Waals surface area contributed by atoms with Crippen LogP contribution in [-0.4, -0.2) is 34.7 Å². The number of hydrogen-bond donors (Lipinski definition) is 0. The van der Waals surface area contributed by atoms with Crippen molar-refractivity contribution in [2.24, 2.45) is 0 Å². The molecule has 0 N–H and O–H groups in total. The van der Waals surface area contributed by atoms with Crippen LogP contribution in [0.25, 0.3) is 0 Å². The highest BCUT2D eigenvalue weighted by atomic mass is 19.1. The van der Waals surface area contributed by atoms with Gasteiger partial charge in [0.25, 0.3) is 11.8 Å². The summed E-state index contributed by atoms with van der Waals surface area (Å²) in [6.45, 7) is 3.48. The first-order valence-corrected chi connectivity index (χ1v) is 8.98. The van der Waals surface area contributed by atoms with Gasteiger partial charge in [-0.05, 0) is 62.6 Å². The summed E-state index contributed by atoms with van der Waals surface area (Å²) >= 11 is 0. The Kier molecular flexibility index (Phi) is 4.06. The number of fused-ring (bicyclic) bond motifs is 2. The van der Waals surface area contributed by atoms with Crippen LogP contribution in [0.4, 0.5) is 10.1 Å². The van der Waals surface area contributed by atoms with Crippen LogP contribution in [0.3, 0.4) is 0 Å². The molecule has 2 aliphatic rings. The molecule has 2 aromatic carbocycles. The summed E-state index contributed by atoms with van der Waals surface area (Å²) < 4.78 is 13.6. The van der Waals surface area contributed by atoms with Gasteiger partial charge in [0, 0.05) is 11.7 Å². The van der Waals surface area contributed by atoms with Gasteiger partial charge in [-0.1, -0.05) is 12.1 Å². The largest absolute Gasteiger partial charge is 0.308 e. The van der Waals surface area contributed by atoms with Gasteiger partial charge in [0.05, 0.1) is 11.1 Å². The van der Waals surface area contributed by atoms with Crippen molar-refractivity contribution in [2.45, 2.75) is 38.8 Å². The number of carbonyl (C=O) groups is 3. The Morgan fingerprint density at radius 1 is 1.11 bits per heavy atom. The standard InChI is InChI=1S/C21H19FN2O3/c1-12-7-8-14-11-15(22)9-10-18(14)23(12)19(25)13(2)24-20(26)16-5-3-4-6-17(16)21(24)27/h3-6,9-13H,7-8H2,1-2H3/t12-,13-/m0/s1. The lowest BCUT2D eigenvalue weighted by Crippen LogP contribution is -2.53. The summed E-state index contributed by atoms with van der Waals surface area (Å²) in [6, 6.07) is 9.87. The molecular formula is C21H19FN2O3. The van der Waals surface area contributed by atoms with E-state index in [4.69, 9.17) is 0 Å². The lowest BCUT2D eigenvalue weighted by Gasteiger charge is -2.38. The number of amides is 3. The molecule has 0 saturated carbocycles. The van der Waals surface area contributed by atoms with E-state index in [0.29, 0.717) is 29.7 Å². The second-order valence-electron chi connectivity index (χ2n) is 7.07. The van der Waals surface area contributed by atoms with Gasteiger partial charge in [0.2, 0.25) is 5.91 Å². The summed E-state index contributed by atoms with van der Waals surface area (Å²) in [7, 11) is 0. The van der Waals surface area contributed by atoms with Gasteiger partial charge in [-0.2, -0.15) is 0 Å². The van der Waals surface area contributed by atoms with E-state index in [1.807, 2.05) is 6.92 Å². The van der Waals surface area contributed by atoms with Crippen LogP contribution in [-0.2, 0) is 11.2 Å². The molecule has 0 bridgehead atoms. The highest BCUT2D eigenvalue weighted by Crippen LogP contribution is 2.33. The minimum absolute atomic E-state index is 0.104. The zero-order valence-corrected chi connectivity index (χ0v) is 15.1. The van der Waals surface area contributed by atoms with Gasteiger partial charge >= 0.3 is 0 Å². The van der Waals surface area contributed by atoms with Crippen LogP contribution in [0, 0.1) is 5.82 Å². The fourth-order valence-electron chi connectivity index (χ4n) is 3.93. The zero-order valence-electron chi connectivity index (χ0n) is 15.1. The van der Waals surface area contributed by atoms with Crippen molar-refractivity contribution < 1.29 is 18.8 Å². The van der Waals surface area contributed by atoms with E-state index in [1.54, 1.807) is 42.2 Å². The first-order valence-electron chi connectivity index (χ1n) is 8.98. The number of carbonyl (C=O) groups excluding carboxylic acids is 3. The smallest absolute Gasteiger partial charge is 0.262 e. The van der Waals surface area contributed by atoms with E-state index in [9.17, 15) is 18.8 Å². The first kappa shape index (κ1) is 17.4. The minimum Gasteiger partial charge on any atom is -0.308 e. The van der Waals surface area contributed by atoms with Crippen LogP contribution in [0.5, 0.6) is 0 Å². The summed E-state index contributed by atoms with van der Waals surface area (Å²) in [5.74, 6) is -1.60. The molecule has 3 amide bonds. The van der Waals surface area contributed by atoms with Crippen molar-refractivity contribution in [1.82, 2.24) is 4.90 Å². The molecule has 0 spiro atoms. The van der Waals surface area contributed by atoms with Crippen molar-refractivity contribution in [2.75, 3.05) is 4.90 Å². The van der Waals surface area contributed by atoms with Crippen LogP contribution in [0.1, 0.15) is 46.5 Å². The Labute approximate surface area is 156 Å². The molecule has 0 aromatic heterocycles. The lowest BCUT2D eigenvalue weighted by atomic mass is 9.95. The lowest BCUT2D eigenvalue weighted by molar-refractivity contribution is -0.122. The molecule has 2 atom stereocenters. The molecule has 0 saturated heterocycles. The average Bonchev–Trinajstić information content (AvgIpc) is 2.92. The van der Waals surface area contributed by atoms with Crippen molar-refractivity contribution in [3.8, 4) is 0 Å². The van der Waals surface area contributed by atoms with Gasteiger partial charge in [-0.3, -0.25) is 19.3 Å². The second kappa shape index (κ2) is 6.30. The topological polar surface area (TPSA) is 57.7 Å². The number of imide groups is 1. The maximum atomic E-state index is 13.6. The second-order valence-corrected chi connectivity index (χ2v) is 7.07. The molecular weight excluding hydrogens is 347 g/mol. The van der Waals surface area contributed by atoms with Gasteiger partial charge in [0.1, 0.15) is 11.9 Å². The van der Waals surface area contributed by atoms with Crippen LogP contribution < -0.4 is 4.90 Å². The van der Waals surface area contributed by atoms with Gasteiger partial charge < -0.3 is 4.90 Å². The predicted molar refractivity (Wildman–Crippen MR) is 98.1 cm³/mol. The van der Waals surface area contributed by atoms with Crippen molar-refractivity contribution >= 4 is 23.4 Å². The molecule has 6 heteroatoms. The van der Waals surface area contributed by atoms with E-state index >= 15 is 0 Å². The van der Waals surface area contributed by atoms with E-state index in [1.165, 1.54) is 12.1 Å². The minimum atomic E-state index is -0.948. The van der Waals surface area contributed by atoms with E-state index in [-0.39, 0.29) is 17.8 Å². The third kappa shape index (κ3) is 2.63. The molecule has 0 aliphatic carbocycles. The maximum absolute atomic E-state index is 13.6. The highest BCUT2D eigenvalue weighted by molar-refractivity contribution is 6.23. The van der Waals surface area contributed by atoms with Crippen molar-refractivity contribution in [3.63, 3.8) is 0 Å². The summed E-state index contributed by atoms with van der Waals surface area (Å²) in [5.41, 5.74) is 2.03. The predicted octanol–water partition coefficient (Wildman–Crippen LogP) is 3.18. The number of hydrogen-bond acceptors (Lipinski definition) is 3. The first-order chi connectivity index (χ1) is 12.9. The Bertz CT molecular complexity index is 937.